The zero-order chi connectivity index (χ0) is 14.7. The van der Waals surface area contributed by atoms with Crippen LogP contribution in [-0.4, -0.2) is 24.6 Å². The average Bonchev–Trinajstić information content (AvgIpc) is 2.30. The van der Waals surface area contributed by atoms with Gasteiger partial charge in [-0.3, -0.25) is 9.00 Å². The molecule has 0 aromatic carbocycles. The molecule has 0 amide bonds. The molecule has 0 aromatic heterocycles. The number of hydrogen-bond donors (Lipinski definition) is 1. The summed E-state index contributed by atoms with van der Waals surface area (Å²) in [5.74, 6) is -0.710. The van der Waals surface area contributed by atoms with Crippen LogP contribution in [0.15, 0.2) is 0 Å². The maximum absolute atomic E-state index is 10.9. The van der Waals surface area contributed by atoms with Gasteiger partial charge in [0.25, 0.3) is 0 Å². The maximum Gasteiger partial charge on any atom is 0.303 e. The smallest absolute Gasteiger partial charge is 0.303 e. The van der Waals surface area contributed by atoms with Crippen molar-refractivity contribution in [1.29, 1.82) is 0 Å². The Balaban J connectivity index is 3.28. The van der Waals surface area contributed by atoms with Crippen LogP contribution < -0.4 is 0 Å². The van der Waals surface area contributed by atoms with E-state index in [0.29, 0.717) is 0 Å². The molecule has 114 valence electrons. The van der Waals surface area contributed by atoms with Gasteiger partial charge < -0.3 is 9.66 Å². The molecule has 0 bridgehead atoms. The minimum atomic E-state index is -1.99. The summed E-state index contributed by atoms with van der Waals surface area (Å²) < 4.78 is 21.2. The molecule has 1 atom stereocenters. The van der Waals surface area contributed by atoms with Crippen molar-refractivity contribution in [2.75, 3.05) is 0 Å². The Morgan fingerprint density at radius 2 is 1.42 bits per heavy atom. The first-order chi connectivity index (χ1) is 8.86. The van der Waals surface area contributed by atoms with E-state index in [1.54, 1.807) is 13.8 Å². The topological polar surface area (TPSA) is 77.4 Å². The van der Waals surface area contributed by atoms with Crippen LogP contribution in [0.4, 0.5) is 0 Å². The lowest BCUT2D eigenvalue weighted by atomic mass is 10.0. The van der Waals surface area contributed by atoms with E-state index < -0.39 is 21.8 Å². The fourth-order valence-electron chi connectivity index (χ4n) is 1.97. The molecule has 19 heavy (non-hydrogen) atoms. The summed E-state index contributed by atoms with van der Waals surface area (Å²) in [5, 5.41) is 8.47. The molecule has 0 saturated carbocycles. The first-order valence-corrected chi connectivity index (χ1v) is 8.25. The van der Waals surface area contributed by atoms with Gasteiger partial charge in [0.15, 0.2) is 0 Å². The molecule has 1 unspecified atom stereocenters. The third-order valence-corrected chi connectivity index (χ3v) is 4.48. The maximum atomic E-state index is 10.9. The van der Waals surface area contributed by atoms with E-state index in [1.807, 2.05) is 0 Å². The number of unbranched alkanes of at least 4 members (excludes halogenated alkanes) is 7. The van der Waals surface area contributed by atoms with Gasteiger partial charge in [-0.1, -0.05) is 44.9 Å². The highest BCUT2D eigenvalue weighted by molar-refractivity contribution is 7.80. The minimum absolute atomic E-state index is 0.279. The van der Waals surface area contributed by atoms with Crippen LogP contribution >= 0.6 is 0 Å². The quantitative estimate of drug-likeness (QED) is 0.440. The molecule has 1 N–H and O–H groups in total. The Kier molecular flexibility index (Phi) is 10.1. The van der Waals surface area contributed by atoms with Crippen LogP contribution in [0.25, 0.3) is 0 Å². The Morgan fingerprint density at radius 1 is 1.00 bits per heavy atom. The van der Waals surface area contributed by atoms with Crippen LogP contribution in [0.1, 0.15) is 78.1 Å². The second kappa shape index (κ2) is 10.4. The fourth-order valence-corrected chi connectivity index (χ4v) is 2.28. The highest BCUT2D eigenvalue weighted by atomic mass is 32.2. The zero-order valence-corrected chi connectivity index (χ0v) is 13.0. The van der Waals surface area contributed by atoms with Crippen LogP contribution in [0.3, 0.4) is 0 Å². The van der Waals surface area contributed by atoms with E-state index in [-0.39, 0.29) is 6.42 Å². The highest BCUT2D eigenvalue weighted by Crippen LogP contribution is 2.20. The summed E-state index contributed by atoms with van der Waals surface area (Å²) in [5.41, 5.74) is 0. The zero-order valence-electron chi connectivity index (χ0n) is 12.2. The number of rotatable bonds is 12. The third-order valence-electron chi connectivity index (χ3n) is 3.37. The van der Waals surface area contributed by atoms with Gasteiger partial charge in [0.1, 0.15) is 0 Å². The molecule has 4 nitrogen and oxygen atoms in total. The SMILES string of the molecule is CC(C)(CCCCCCCCCCC(=O)O)S(=O)[O-]. The van der Waals surface area contributed by atoms with Crippen molar-refractivity contribution < 1.29 is 18.7 Å². The summed E-state index contributed by atoms with van der Waals surface area (Å²) in [6.07, 6.45) is 9.36. The van der Waals surface area contributed by atoms with Gasteiger partial charge >= 0.3 is 5.97 Å². The summed E-state index contributed by atoms with van der Waals surface area (Å²) in [7, 11) is 0. The lowest BCUT2D eigenvalue weighted by molar-refractivity contribution is -0.137. The van der Waals surface area contributed by atoms with E-state index in [2.05, 4.69) is 0 Å². The molecule has 0 saturated heterocycles. The monoisotopic (exact) mass is 291 g/mol. The van der Waals surface area contributed by atoms with Crippen molar-refractivity contribution in [3.8, 4) is 0 Å². The van der Waals surface area contributed by atoms with Crippen molar-refractivity contribution in [3.05, 3.63) is 0 Å². The molecule has 5 heteroatoms. The van der Waals surface area contributed by atoms with Gasteiger partial charge in [0.05, 0.1) is 0 Å². The molecule has 0 rings (SSSR count). The third kappa shape index (κ3) is 11.1. The number of carbonyl (C=O) groups is 1. The number of aliphatic carboxylic acids is 1. The normalized spacial score (nSPS) is 13.4. The molecule has 0 spiro atoms. The number of carboxylic acid groups (broad SMARTS) is 1. The Morgan fingerprint density at radius 3 is 1.84 bits per heavy atom. The van der Waals surface area contributed by atoms with Crippen molar-refractivity contribution in [2.24, 2.45) is 0 Å². The number of carboxylic acids is 1. The molecular formula is C14H27O4S-. The summed E-state index contributed by atoms with van der Waals surface area (Å²) in [6.45, 7) is 3.52. The lowest BCUT2D eigenvalue weighted by Crippen LogP contribution is -2.25. The van der Waals surface area contributed by atoms with E-state index >= 15 is 0 Å². The van der Waals surface area contributed by atoms with Crippen molar-refractivity contribution in [2.45, 2.75) is 82.8 Å². The van der Waals surface area contributed by atoms with E-state index in [0.717, 1.165) is 57.8 Å². The van der Waals surface area contributed by atoms with Gasteiger partial charge in [-0.05, 0) is 37.8 Å². The van der Waals surface area contributed by atoms with Gasteiger partial charge in [0, 0.05) is 11.2 Å². The largest absolute Gasteiger partial charge is 0.772 e. The molecule has 0 aromatic rings. The predicted molar refractivity (Wildman–Crippen MR) is 76.8 cm³/mol. The van der Waals surface area contributed by atoms with Crippen molar-refractivity contribution in [1.82, 2.24) is 0 Å². The summed E-state index contributed by atoms with van der Waals surface area (Å²) in [6, 6.07) is 0. The molecule has 0 fully saturated rings. The van der Waals surface area contributed by atoms with Crippen molar-refractivity contribution >= 4 is 17.0 Å². The molecule has 0 aliphatic carbocycles. The molecule has 0 aliphatic heterocycles. The van der Waals surface area contributed by atoms with E-state index in [4.69, 9.17) is 5.11 Å². The average molecular weight is 291 g/mol. The van der Waals surface area contributed by atoms with E-state index in [9.17, 15) is 13.6 Å². The molecular weight excluding hydrogens is 264 g/mol. The van der Waals surface area contributed by atoms with Crippen LogP contribution in [0, 0.1) is 0 Å². The second-order valence-corrected chi connectivity index (χ2v) is 7.29. The predicted octanol–water partition coefficient (Wildman–Crippen LogP) is 3.63. The summed E-state index contributed by atoms with van der Waals surface area (Å²) >= 11 is -1.99. The van der Waals surface area contributed by atoms with Crippen LogP contribution in [0.2, 0.25) is 0 Å². The Hall–Kier alpha value is -0.420. The fraction of sp³-hybridized carbons (Fsp3) is 0.929. The number of hydrogen-bond acceptors (Lipinski definition) is 3. The van der Waals surface area contributed by atoms with Gasteiger partial charge in [-0.25, -0.2) is 0 Å². The first-order valence-electron chi connectivity index (χ1n) is 7.17. The molecule has 0 radical (unpaired) electrons. The Labute approximate surface area is 119 Å². The summed E-state index contributed by atoms with van der Waals surface area (Å²) in [4.78, 5) is 10.3. The standard InChI is InChI=1S/C14H28O4S/c1-14(2,19(17)18)12-10-8-6-4-3-5-7-9-11-13(15)16/h3-12H2,1-2H3,(H,15,16)(H,17,18)/p-1. The van der Waals surface area contributed by atoms with Gasteiger partial charge in [-0.2, -0.15) is 0 Å². The second-order valence-electron chi connectivity index (χ2n) is 5.72. The Bertz CT molecular complexity index is 277. The van der Waals surface area contributed by atoms with Gasteiger partial charge in [-0.15, -0.1) is 0 Å². The van der Waals surface area contributed by atoms with Crippen molar-refractivity contribution in [3.63, 3.8) is 0 Å². The van der Waals surface area contributed by atoms with E-state index in [1.165, 1.54) is 0 Å². The van der Waals surface area contributed by atoms with Crippen LogP contribution in [0.5, 0.6) is 0 Å². The first kappa shape index (κ1) is 18.6. The lowest BCUT2D eigenvalue weighted by Gasteiger charge is -2.27. The molecule has 0 heterocycles. The van der Waals surface area contributed by atoms with Crippen LogP contribution in [-0.2, 0) is 15.9 Å². The van der Waals surface area contributed by atoms with Gasteiger partial charge in [0.2, 0.25) is 0 Å². The molecule has 0 aliphatic rings. The minimum Gasteiger partial charge on any atom is -0.772 e. The highest BCUT2D eigenvalue weighted by Gasteiger charge is 2.17.